The molecular weight excluding hydrogens is 368 g/mol. The maximum Gasteiger partial charge on any atom is 0.247 e. The fraction of sp³-hybridized carbons (Fsp3) is 0.300. The first-order valence-electron chi connectivity index (χ1n) is 9.44. The van der Waals surface area contributed by atoms with Crippen LogP contribution in [-0.4, -0.2) is 47.1 Å². The number of anilines is 2. The van der Waals surface area contributed by atoms with Gasteiger partial charge < -0.3 is 10.2 Å². The normalized spacial score (nSPS) is 16.5. The molecule has 0 aromatic carbocycles. The van der Waals surface area contributed by atoms with Gasteiger partial charge in [-0.3, -0.25) is 14.5 Å². The highest BCUT2D eigenvalue weighted by Gasteiger charge is 2.30. The minimum atomic E-state index is -0.0786. The molecule has 1 aliphatic rings. The van der Waals surface area contributed by atoms with E-state index in [0.717, 1.165) is 24.1 Å². The molecule has 1 fully saturated rings. The second-order valence-corrected chi connectivity index (χ2v) is 6.91. The van der Waals surface area contributed by atoms with Crippen LogP contribution in [0.15, 0.2) is 43.1 Å². The maximum atomic E-state index is 12.8. The number of carbonyl (C=O) groups is 1. The highest BCUT2D eigenvalue weighted by Crippen LogP contribution is 2.32. The van der Waals surface area contributed by atoms with Crippen LogP contribution in [0.4, 0.5) is 11.6 Å². The second kappa shape index (κ2) is 8.17. The number of rotatable bonds is 5. The van der Waals surface area contributed by atoms with Crippen molar-refractivity contribution in [3.05, 3.63) is 60.2 Å². The van der Waals surface area contributed by atoms with Crippen LogP contribution < -0.4 is 5.32 Å². The average molecular weight is 390 g/mol. The van der Waals surface area contributed by atoms with Gasteiger partial charge in [0, 0.05) is 49.9 Å². The number of likely N-dealkylation sites (tertiary alicyclic amines) is 1. The smallest absolute Gasteiger partial charge is 0.247 e. The molecule has 9 heteroatoms. The van der Waals surface area contributed by atoms with E-state index in [4.69, 9.17) is 0 Å². The summed E-state index contributed by atoms with van der Waals surface area (Å²) in [5, 5.41) is 7.27. The Hall–Kier alpha value is -3.62. The molecular formula is C20H22N8O. The van der Waals surface area contributed by atoms with E-state index in [0.29, 0.717) is 24.0 Å². The number of aryl methyl sites for hydroxylation is 2. The lowest BCUT2D eigenvalue weighted by Crippen LogP contribution is -2.29. The molecule has 9 nitrogen and oxygen atoms in total. The molecule has 1 atom stereocenters. The molecule has 0 unspecified atom stereocenters. The quantitative estimate of drug-likeness (QED) is 0.668. The summed E-state index contributed by atoms with van der Waals surface area (Å²) in [5.41, 5.74) is 1.72. The molecule has 1 N–H and O–H groups in total. The van der Waals surface area contributed by atoms with E-state index in [1.54, 1.807) is 41.6 Å². The molecule has 0 radical (unpaired) electrons. The zero-order valence-corrected chi connectivity index (χ0v) is 16.4. The molecule has 0 aliphatic carbocycles. The highest BCUT2D eigenvalue weighted by atomic mass is 16.2. The average Bonchev–Trinajstić information content (AvgIpc) is 3.35. The summed E-state index contributed by atoms with van der Waals surface area (Å²) in [4.78, 5) is 32.0. The third kappa shape index (κ3) is 4.45. The maximum absolute atomic E-state index is 12.8. The lowest BCUT2D eigenvalue weighted by molar-refractivity contribution is -0.126. The number of hydrogen-bond donors (Lipinski definition) is 1. The number of carbonyl (C=O) groups excluding carboxylic acids is 1. The van der Waals surface area contributed by atoms with Crippen molar-refractivity contribution in [2.45, 2.75) is 25.8 Å². The summed E-state index contributed by atoms with van der Waals surface area (Å²) in [6, 6.07) is 1.80. The Morgan fingerprint density at radius 2 is 2.14 bits per heavy atom. The van der Waals surface area contributed by atoms with Crippen molar-refractivity contribution < 1.29 is 4.79 Å². The van der Waals surface area contributed by atoms with Gasteiger partial charge in [0.2, 0.25) is 5.91 Å². The van der Waals surface area contributed by atoms with E-state index >= 15 is 0 Å². The number of hydrogen-bond acceptors (Lipinski definition) is 7. The van der Waals surface area contributed by atoms with Crippen molar-refractivity contribution >= 4 is 23.6 Å². The molecule has 3 aromatic heterocycles. The summed E-state index contributed by atoms with van der Waals surface area (Å²) in [6.07, 6.45) is 13.6. The Kier molecular flexibility index (Phi) is 5.28. The van der Waals surface area contributed by atoms with Crippen molar-refractivity contribution in [2.24, 2.45) is 7.05 Å². The van der Waals surface area contributed by atoms with Crippen LogP contribution in [0, 0.1) is 6.92 Å². The fourth-order valence-electron chi connectivity index (χ4n) is 3.45. The Bertz CT molecular complexity index is 1030. The molecule has 1 amide bonds. The standard InChI is InChI=1S/C20H22N8O/c1-14-24-16(10-18(25-14)26-19-12-21-7-8-22-19)17-4-3-9-28(17)20(29)6-5-15-11-23-27(2)13-15/h5-8,10-13,17H,3-4,9H2,1-2H3,(H,22,24,25,26)/b6-5+/t17-/m0/s1. The Labute approximate surface area is 168 Å². The van der Waals surface area contributed by atoms with E-state index < -0.39 is 0 Å². The molecule has 0 bridgehead atoms. The van der Waals surface area contributed by atoms with E-state index in [9.17, 15) is 4.79 Å². The summed E-state index contributed by atoms with van der Waals surface area (Å²) < 4.78 is 1.71. The fourth-order valence-corrected chi connectivity index (χ4v) is 3.45. The van der Waals surface area contributed by atoms with Crippen LogP contribution in [0.3, 0.4) is 0 Å². The van der Waals surface area contributed by atoms with E-state index in [-0.39, 0.29) is 11.9 Å². The molecule has 1 aliphatic heterocycles. The monoisotopic (exact) mass is 390 g/mol. The van der Waals surface area contributed by atoms with E-state index in [1.165, 1.54) is 0 Å². The van der Waals surface area contributed by atoms with Crippen molar-refractivity contribution in [3.8, 4) is 0 Å². The Morgan fingerprint density at radius 1 is 1.24 bits per heavy atom. The van der Waals surface area contributed by atoms with Crippen LogP contribution in [0.25, 0.3) is 6.08 Å². The van der Waals surface area contributed by atoms with Gasteiger partial charge in [-0.25, -0.2) is 15.0 Å². The molecule has 4 heterocycles. The number of aromatic nitrogens is 6. The molecule has 148 valence electrons. The number of amides is 1. The Morgan fingerprint density at radius 3 is 2.90 bits per heavy atom. The third-order valence-corrected chi connectivity index (χ3v) is 4.70. The minimum Gasteiger partial charge on any atom is -0.331 e. The van der Waals surface area contributed by atoms with Crippen molar-refractivity contribution in [2.75, 3.05) is 11.9 Å². The minimum absolute atomic E-state index is 0.0314. The van der Waals surface area contributed by atoms with E-state index in [2.05, 4.69) is 30.4 Å². The van der Waals surface area contributed by atoms with Crippen LogP contribution in [0.2, 0.25) is 0 Å². The lowest BCUT2D eigenvalue weighted by Gasteiger charge is -2.23. The highest BCUT2D eigenvalue weighted by molar-refractivity contribution is 5.92. The van der Waals surface area contributed by atoms with Crippen LogP contribution >= 0.6 is 0 Å². The SMILES string of the molecule is Cc1nc(Nc2cnccn2)cc([C@@H]2CCCN2C(=O)/C=C/c2cnn(C)c2)n1. The first kappa shape index (κ1) is 18.7. The van der Waals surface area contributed by atoms with Crippen molar-refractivity contribution in [3.63, 3.8) is 0 Å². The molecule has 1 saturated heterocycles. The van der Waals surface area contributed by atoms with E-state index in [1.807, 2.05) is 31.1 Å². The molecule has 4 rings (SSSR count). The lowest BCUT2D eigenvalue weighted by atomic mass is 10.1. The zero-order valence-electron chi connectivity index (χ0n) is 16.4. The predicted octanol–water partition coefficient (Wildman–Crippen LogP) is 2.43. The predicted molar refractivity (Wildman–Crippen MR) is 108 cm³/mol. The topological polar surface area (TPSA) is 102 Å². The first-order chi connectivity index (χ1) is 14.1. The molecule has 29 heavy (non-hydrogen) atoms. The second-order valence-electron chi connectivity index (χ2n) is 6.91. The zero-order chi connectivity index (χ0) is 20.2. The van der Waals surface area contributed by atoms with Crippen LogP contribution in [-0.2, 0) is 11.8 Å². The van der Waals surface area contributed by atoms with Gasteiger partial charge in [0.25, 0.3) is 0 Å². The van der Waals surface area contributed by atoms with Gasteiger partial charge in [-0.1, -0.05) is 0 Å². The van der Waals surface area contributed by atoms with Crippen LogP contribution in [0.5, 0.6) is 0 Å². The summed E-state index contributed by atoms with van der Waals surface area (Å²) in [5.74, 6) is 1.85. The van der Waals surface area contributed by atoms with Crippen LogP contribution in [0.1, 0.15) is 36.0 Å². The molecule has 3 aromatic rings. The van der Waals surface area contributed by atoms with Gasteiger partial charge in [0.15, 0.2) is 0 Å². The summed E-state index contributed by atoms with van der Waals surface area (Å²) >= 11 is 0. The van der Waals surface area contributed by atoms with Crippen molar-refractivity contribution in [1.29, 1.82) is 0 Å². The first-order valence-corrected chi connectivity index (χ1v) is 9.44. The number of nitrogens with one attached hydrogen (secondary N) is 1. The Balaban J connectivity index is 1.53. The van der Waals surface area contributed by atoms with Crippen molar-refractivity contribution in [1.82, 2.24) is 34.6 Å². The van der Waals surface area contributed by atoms with Gasteiger partial charge in [0.05, 0.1) is 24.1 Å². The number of nitrogens with zero attached hydrogens (tertiary/aromatic N) is 7. The van der Waals surface area contributed by atoms with Gasteiger partial charge in [-0.05, 0) is 25.8 Å². The summed E-state index contributed by atoms with van der Waals surface area (Å²) in [6.45, 7) is 2.55. The van der Waals surface area contributed by atoms with Gasteiger partial charge >= 0.3 is 0 Å². The van der Waals surface area contributed by atoms with Gasteiger partial charge in [0.1, 0.15) is 17.5 Å². The summed E-state index contributed by atoms with van der Waals surface area (Å²) in [7, 11) is 1.85. The van der Waals surface area contributed by atoms with Gasteiger partial charge in [-0.15, -0.1) is 0 Å². The largest absolute Gasteiger partial charge is 0.331 e. The molecule has 0 saturated carbocycles. The third-order valence-electron chi connectivity index (χ3n) is 4.70. The van der Waals surface area contributed by atoms with Gasteiger partial charge in [-0.2, -0.15) is 5.10 Å². The molecule has 0 spiro atoms.